The molecule has 0 spiro atoms. The molecule has 3 rings (SSSR count). The minimum Gasteiger partial charge on any atom is -0.486 e. The van der Waals surface area contributed by atoms with Crippen LogP contribution >= 0.6 is 0 Å². The Balaban J connectivity index is 1.57. The van der Waals surface area contributed by atoms with Gasteiger partial charge in [-0.25, -0.2) is 0 Å². The van der Waals surface area contributed by atoms with E-state index in [1.807, 2.05) is 25.1 Å². The van der Waals surface area contributed by atoms with Crippen molar-refractivity contribution in [3.05, 3.63) is 53.6 Å². The Morgan fingerprint density at radius 1 is 1.12 bits per heavy atom. The highest BCUT2D eigenvalue weighted by Gasteiger charge is 2.16. The molecule has 7 heteroatoms. The number of benzene rings is 2. The summed E-state index contributed by atoms with van der Waals surface area (Å²) in [6.07, 6.45) is 0.143. The average Bonchev–Trinajstić information content (AvgIpc) is 2.62. The fourth-order valence-corrected chi connectivity index (χ4v) is 2.68. The van der Waals surface area contributed by atoms with Gasteiger partial charge in [-0.1, -0.05) is 18.2 Å². The maximum absolute atomic E-state index is 12.2. The lowest BCUT2D eigenvalue weighted by molar-refractivity contribution is -0.121. The van der Waals surface area contributed by atoms with Crippen LogP contribution in [-0.2, 0) is 11.2 Å². The minimum atomic E-state index is -2.86. The zero-order valence-electron chi connectivity index (χ0n) is 14.2. The number of nitrogens with one attached hydrogen (secondary N) is 1. The number of hydrogen-bond acceptors (Lipinski definition) is 4. The monoisotopic (exact) mass is 363 g/mol. The van der Waals surface area contributed by atoms with E-state index < -0.39 is 6.61 Å². The van der Waals surface area contributed by atoms with E-state index >= 15 is 0 Å². The molecule has 0 unspecified atom stereocenters. The van der Waals surface area contributed by atoms with Gasteiger partial charge in [-0.05, 0) is 42.3 Å². The van der Waals surface area contributed by atoms with E-state index in [1.165, 1.54) is 12.1 Å². The third-order valence-corrected chi connectivity index (χ3v) is 3.96. The number of amides is 1. The van der Waals surface area contributed by atoms with Gasteiger partial charge in [-0.2, -0.15) is 8.78 Å². The van der Waals surface area contributed by atoms with Gasteiger partial charge in [0.1, 0.15) is 19.0 Å². The normalized spacial score (nSPS) is 14.0. The number of alkyl halides is 2. The van der Waals surface area contributed by atoms with Crippen LogP contribution in [0.25, 0.3) is 0 Å². The molecule has 1 aliphatic heterocycles. The van der Waals surface area contributed by atoms with Crippen LogP contribution in [0.1, 0.15) is 24.1 Å². The lowest BCUT2D eigenvalue weighted by atomic mass is 10.1. The Bertz CT molecular complexity index is 765. The first kappa shape index (κ1) is 18.0. The van der Waals surface area contributed by atoms with E-state index in [-0.39, 0.29) is 24.1 Å². The van der Waals surface area contributed by atoms with E-state index in [9.17, 15) is 13.6 Å². The van der Waals surface area contributed by atoms with Crippen molar-refractivity contribution < 1.29 is 27.8 Å². The van der Waals surface area contributed by atoms with Gasteiger partial charge in [0.2, 0.25) is 5.91 Å². The fraction of sp³-hybridized carbons (Fsp3) is 0.316. The Labute approximate surface area is 149 Å². The van der Waals surface area contributed by atoms with Crippen LogP contribution in [0.2, 0.25) is 0 Å². The van der Waals surface area contributed by atoms with Crippen LogP contribution in [0.15, 0.2) is 42.5 Å². The summed E-state index contributed by atoms with van der Waals surface area (Å²) in [5, 5.41) is 2.91. The Kier molecular flexibility index (Phi) is 5.55. The number of ether oxygens (including phenoxy) is 3. The topological polar surface area (TPSA) is 56.8 Å². The smallest absolute Gasteiger partial charge is 0.387 e. The second-order valence-electron chi connectivity index (χ2n) is 5.89. The van der Waals surface area contributed by atoms with Crippen LogP contribution in [-0.4, -0.2) is 25.7 Å². The number of halogens is 2. The van der Waals surface area contributed by atoms with Gasteiger partial charge in [0.05, 0.1) is 12.5 Å². The summed E-state index contributed by atoms with van der Waals surface area (Å²) in [6, 6.07) is 11.4. The molecule has 0 aromatic heterocycles. The molecule has 1 atom stereocenters. The lowest BCUT2D eigenvalue weighted by Crippen LogP contribution is -2.28. The van der Waals surface area contributed by atoms with Crippen LogP contribution in [0, 0.1) is 0 Å². The van der Waals surface area contributed by atoms with Crippen LogP contribution in [0.5, 0.6) is 17.2 Å². The van der Waals surface area contributed by atoms with Crippen molar-refractivity contribution in [3.8, 4) is 17.2 Å². The quantitative estimate of drug-likeness (QED) is 0.854. The van der Waals surface area contributed by atoms with Crippen LogP contribution < -0.4 is 19.5 Å². The lowest BCUT2D eigenvalue weighted by Gasteiger charge is -2.21. The Morgan fingerprint density at radius 3 is 2.50 bits per heavy atom. The number of fused-ring (bicyclic) bond motifs is 1. The van der Waals surface area contributed by atoms with Gasteiger partial charge >= 0.3 is 6.61 Å². The maximum atomic E-state index is 12.2. The van der Waals surface area contributed by atoms with Crippen LogP contribution in [0.3, 0.4) is 0 Å². The molecule has 2 aromatic carbocycles. The molecule has 1 N–H and O–H groups in total. The van der Waals surface area contributed by atoms with E-state index in [1.54, 1.807) is 12.1 Å². The van der Waals surface area contributed by atoms with Crippen LogP contribution in [0.4, 0.5) is 8.78 Å². The summed E-state index contributed by atoms with van der Waals surface area (Å²) in [7, 11) is 0. The third kappa shape index (κ3) is 4.62. The second kappa shape index (κ2) is 8.03. The number of carbonyl (C=O) groups is 1. The molecule has 1 heterocycles. The highest BCUT2D eigenvalue weighted by Crippen LogP contribution is 2.32. The highest BCUT2D eigenvalue weighted by atomic mass is 19.3. The van der Waals surface area contributed by atoms with Crippen molar-refractivity contribution in [2.45, 2.75) is 26.0 Å². The predicted molar refractivity (Wildman–Crippen MR) is 90.8 cm³/mol. The molecule has 26 heavy (non-hydrogen) atoms. The molecule has 0 radical (unpaired) electrons. The number of rotatable bonds is 6. The molecule has 0 saturated heterocycles. The van der Waals surface area contributed by atoms with Gasteiger partial charge in [0.15, 0.2) is 11.5 Å². The molecular formula is C19H19F2NO4. The largest absolute Gasteiger partial charge is 0.486 e. The number of hydrogen-bond donors (Lipinski definition) is 1. The first-order chi connectivity index (χ1) is 12.5. The molecule has 1 amide bonds. The summed E-state index contributed by atoms with van der Waals surface area (Å²) in [5.74, 6) is 1.26. The van der Waals surface area contributed by atoms with Crippen molar-refractivity contribution in [1.82, 2.24) is 5.32 Å². The summed E-state index contributed by atoms with van der Waals surface area (Å²) in [4.78, 5) is 12.2. The number of carbonyl (C=O) groups excluding carboxylic acids is 1. The van der Waals surface area contributed by atoms with E-state index in [0.717, 1.165) is 5.56 Å². The first-order valence-electron chi connectivity index (χ1n) is 8.24. The molecule has 0 aliphatic carbocycles. The first-order valence-corrected chi connectivity index (χ1v) is 8.24. The third-order valence-electron chi connectivity index (χ3n) is 3.96. The summed E-state index contributed by atoms with van der Waals surface area (Å²) >= 11 is 0. The van der Waals surface area contributed by atoms with E-state index in [0.29, 0.717) is 30.3 Å². The molecule has 0 saturated carbocycles. The predicted octanol–water partition coefficient (Wildman–Crippen LogP) is 3.48. The van der Waals surface area contributed by atoms with Gasteiger partial charge in [-0.3, -0.25) is 4.79 Å². The van der Waals surface area contributed by atoms with Gasteiger partial charge in [-0.15, -0.1) is 0 Å². The standard InChI is InChI=1S/C19H19F2NO4/c1-12(14-4-7-16-17(11-14)25-9-8-24-16)22-18(23)10-13-2-5-15(6-3-13)26-19(20)21/h2-7,11-12,19H,8-10H2,1H3,(H,22,23)/t12-/m1/s1. The van der Waals surface area contributed by atoms with Gasteiger partial charge in [0.25, 0.3) is 0 Å². The summed E-state index contributed by atoms with van der Waals surface area (Å²) in [6.45, 7) is 0.0430. The summed E-state index contributed by atoms with van der Waals surface area (Å²) < 4.78 is 39.6. The molecular weight excluding hydrogens is 344 g/mol. The zero-order chi connectivity index (χ0) is 18.5. The highest BCUT2D eigenvalue weighted by molar-refractivity contribution is 5.79. The van der Waals surface area contributed by atoms with Gasteiger partial charge in [0, 0.05) is 0 Å². The van der Waals surface area contributed by atoms with Crippen molar-refractivity contribution in [2.75, 3.05) is 13.2 Å². The van der Waals surface area contributed by atoms with Crippen molar-refractivity contribution >= 4 is 5.91 Å². The zero-order valence-corrected chi connectivity index (χ0v) is 14.2. The molecule has 0 bridgehead atoms. The molecule has 2 aromatic rings. The maximum Gasteiger partial charge on any atom is 0.387 e. The molecule has 5 nitrogen and oxygen atoms in total. The second-order valence-corrected chi connectivity index (χ2v) is 5.89. The van der Waals surface area contributed by atoms with E-state index in [2.05, 4.69) is 10.1 Å². The van der Waals surface area contributed by atoms with Gasteiger partial charge < -0.3 is 19.5 Å². The fourth-order valence-electron chi connectivity index (χ4n) is 2.68. The van der Waals surface area contributed by atoms with Crippen molar-refractivity contribution in [3.63, 3.8) is 0 Å². The van der Waals surface area contributed by atoms with Crippen molar-refractivity contribution in [1.29, 1.82) is 0 Å². The Morgan fingerprint density at radius 2 is 1.81 bits per heavy atom. The molecule has 138 valence electrons. The summed E-state index contributed by atoms with van der Waals surface area (Å²) in [5.41, 5.74) is 1.61. The molecule has 1 aliphatic rings. The SMILES string of the molecule is C[C@@H](NC(=O)Cc1ccc(OC(F)F)cc1)c1ccc2c(c1)OCCO2. The van der Waals surface area contributed by atoms with E-state index in [4.69, 9.17) is 9.47 Å². The Hall–Kier alpha value is -2.83. The molecule has 0 fully saturated rings. The van der Waals surface area contributed by atoms with Crippen molar-refractivity contribution in [2.24, 2.45) is 0 Å². The average molecular weight is 363 g/mol. The minimum absolute atomic E-state index is 0.0637.